The van der Waals surface area contributed by atoms with Crippen molar-refractivity contribution in [2.75, 3.05) is 5.32 Å². The van der Waals surface area contributed by atoms with Crippen LogP contribution in [0.2, 0.25) is 0 Å². The van der Waals surface area contributed by atoms with Crippen molar-refractivity contribution in [3.63, 3.8) is 0 Å². The summed E-state index contributed by atoms with van der Waals surface area (Å²) in [4.78, 5) is 20.7. The Kier molecular flexibility index (Phi) is 4.28. The molecule has 3 heterocycles. The molecule has 9 heteroatoms. The number of rotatable bonds is 5. The van der Waals surface area contributed by atoms with Crippen molar-refractivity contribution < 1.29 is 4.79 Å². The van der Waals surface area contributed by atoms with E-state index in [4.69, 9.17) is 0 Å². The highest BCUT2D eigenvalue weighted by atomic mass is 32.2. The van der Waals surface area contributed by atoms with Crippen molar-refractivity contribution in [3.05, 3.63) is 30.7 Å². The molecule has 0 fully saturated rings. The molecule has 8 nitrogen and oxygen atoms in total. The third kappa shape index (κ3) is 3.34. The van der Waals surface area contributed by atoms with E-state index >= 15 is 0 Å². The zero-order chi connectivity index (χ0) is 16.4. The summed E-state index contributed by atoms with van der Waals surface area (Å²) in [6.07, 6.45) is 5.09. The maximum Gasteiger partial charge on any atom is 0.253 e. The van der Waals surface area contributed by atoms with Crippen LogP contribution in [0.4, 0.5) is 5.82 Å². The molecular formula is C14H17N7OS. The van der Waals surface area contributed by atoms with Crippen LogP contribution >= 0.6 is 11.8 Å². The Morgan fingerprint density at radius 2 is 2.13 bits per heavy atom. The van der Waals surface area contributed by atoms with Crippen LogP contribution in [0.1, 0.15) is 26.8 Å². The number of carbonyl (C=O) groups excluding carboxylic acids is 1. The molecule has 3 aromatic heterocycles. The van der Waals surface area contributed by atoms with Gasteiger partial charge in [-0.25, -0.2) is 14.2 Å². The monoisotopic (exact) mass is 331 g/mol. The minimum Gasteiger partial charge on any atom is -0.310 e. The van der Waals surface area contributed by atoms with Crippen LogP contribution in [0.5, 0.6) is 0 Å². The molecule has 1 N–H and O–H groups in total. The lowest BCUT2D eigenvalue weighted by molar-refractivity contribution is -0.115. The number of nitrogens with zero attached hydrogens (tertiary/aromatic N) is 6. The van der Waals surface area contributed by atoms with E-state index in [1.165, 1.54) is 11.8 Å². The van der Waals surface area contributed by atoms with Gasteiger partial charge >= 0.3 is 0 Å². The molecule has 0 aliphatic heterocycles. The van der Waals surface area contributed by atoms with Gasteiger partial charge in [-0.15, -0.1) is 5.10 Å². The normalized spacial score (nSPS) is 12.7. The van der Waals surface area contributed by atoms with Crippen LogP contribution in [0, 0.1) is 0 Å². The number of hydrogen-bond donors (Lipinski definition) is 1. The van der Waals surface area contributed by atoms with E-state index < -0.39 is 0 Å². The summed E-state index contributed by atoms with van der Waals surface area (Å²) >= 11 is 1.29. The first kappa shape index (κ1) is 15.5. The number of amides is 1. The second kappa shape index (κ2) is 6.37. The number of anilines is 1. The van der Waals surface area contributed by atoms with Crippen LogP contribution in [-0.2, 0) is 4.79 Å². The molecule has 120 valence electrons. The number of nitrogens with one attached hydrogen (secondary N) is 1. The smallest absolute Gasteiger partial charge is 0.253 e. The molecule has 3 rings (SSSR count). The molecule has 0 aliphatic rings. The molecule has 23 heavy (non-hydrogen) atoms. The second-order valence-electron chi connectivity index (χ2n) is 5.26. The van der Waals surface area contributed by atoms with Crippen molar-refractivity contribution in [2.45, 2.75) is 37.2 Å². The van der Waals surface area contributed by atoms with E-state index in [9.17, 15) is 4.79 Å². The third-order valence-corrected chi connectivity index (χ3v) is 4.11. The Bertz CT molecular complexity index is 792. The summed E-state index contributed by atoms with van der Waals surface area (Å²) in [6.45, 7) is 5.83. The van der Waals surface area contributed by atoms with Gasteiger partial charge in [0.25, 0.3) is 5.78 Å². The highest BCUT2D eigenvalue weighted by Crippen LogP contribution is 2.22. The van der Waals surface area contributed by atoms with Gasteiger partial charge in [0.2, 0.25) is 11.1 Å². The lowest BCUT2D eigenvalue weighted by atomic mass is 10.4. The molecular weight excluding hydrogens is 314 g/mol. The topological polar surface area (TPSA) is 90.0 Å². The fourth-order valence-electron chi connectivity index (χ4n) is 2.03. The molecule has 0 aromatic carbocycles. The van der Waals surface area contributed by atoms with Gasteiger partial charge in [-0.05, 0) is 26.8 Å². The van der Waals surface area contributed by atoms with Gasteiger partial charge < -0.3 is 5.32 Å². The van der Waals surface area contributed by atoms with Crippen molar-refractivity contribution in [2.24, 2.45) is 0 Å². The molecule has 0 aliphatic carbocycles. The second-order valence-corrected chi connectivity index (χ2v) is 6.57. The maximum absolute atomic E-state index is 12.4. The average Bonchev–Trinajstić information content (AvgIpc) is 3.12. The van der Waals surface area contributed by atoms with Gasteiger partial charge in [0, 0.05) is 24.5 Å². The van der Waals surface area contributed by atoms with Gasteiger partial charge in [-0.3, -0.25) is 4.79 Å². The fraction of sp³-hybridized carbons (Fsp3) is 0.357. The van der Waals surface area contributed by atoms with E-state index in [1.807, 2.05) is 20.8 Å². The van der Waals surface area contributed by atoms with Crippen LogP contribution in [0.3, 0.4) is 0 Å². The van der Waals surface area contributed by atoms with Crippen molar-refractivity contribution in [1.82, 2.24) is 29.4 Å². The Balaban J connectivity index is 1.68. The maximum atomic E-state index is 12.4. The first-order valence-electron chi connectivity index (χ1n) is 7.23. The van der Waals surface area contributed by atoms with E-state index in [0.29, 0.717) is 16.8 Å². The van der Waals surface area contributed by atoms with Gasteiger partial charge in [0.1, 0.15) is 5.82 Å². The first-order valence-corrected chi connectivity index (χ1v) is 8.11. The minimum absolute atomic E-state index is 0.121. The summed E-state index contributed by atoms with van der Waals surface area (Å²) < 4.78 is 3.35. The summed E-state index contributed by atoms with van der Waals surface area (Å²) in [5.74, 6) is 1.08. The number of aromatic nitrogens is 6. The summed E-state index contributed by atoms with van der Waals surface area (Å²) in [5.41, 5.74) is 0. The minimum atomic E-state index is -0.345. The summed E-state index contributed by atoms with van der Waals surface area (Å²) in [6, 6.07) is 3.73. The van der Waals surface area contributed by atoms with Gasteiger partial charge in [-0.1, -0.05) is 11.8 Å². The Labute approximate surface area is 137 Å². The highest BCUT2D eigenvalue weighted by molar-refractivity contribution is 8.00. The summed E-state index contributed by atoms with van der Waals surface area (Å²) in [5, 5.41) is 11.5. The van der Waals surface area contributed by atoms with E-state index in [2.05, 4.69) is 25.5 Å². The van der Waals surface area contributed by atoms with Crippen LogP contribution in [0.25, 0.3) is 5.78 Å². The molecule has 1 amide bonds. The van der Waals surface area contributed by atoms with Crippen molar-refractivity contribution >= 4 is 29.3 Å². The number of hydrogen-bond acceptors (Lipinski definition) is 6. The predicted molar refractivity (Wildman–Crippen MR) is 87.3 cm³/mol. The number of thioether (sulfide) groups is 1. The van der Waals surface area contributed by atoms with Crippen LogP contribution < -0.4 is 5.32 Å². The van der Waals surface area contributed by atoms with E-state index in [0.717, 1.165) is 0 Å². The van der Waals surface area contributed by atoms with E-state index in [-0.39, 0.29) is 17.2 Å². The molecule has 0 spiro atoms. The molecule has 3 aromatic rings. The lowest BCUT2D eigenvalue weighted by Crippen LogP contribution is -2.24. The molecule has 0 radical (unpaired) electrons. The quantitative estimate of drug-likeness (QED) is 0.719. The lowest BCUT2D eigenvalue weighted by Gasteiger charge is -2.13. The van der Waals surface area contributed by atoms with Crippen LogP contribution in [-0.4, -0.2) is 40.5 Å². The molecule has 1 unspecified atom stereocenters. The van der Waals surface area contributed by atoms with Crippen molar-refractivity contribution in [3.8, 4) is 0 Å². The highest BCUT2D eigenvalue weighted by Gasteiger charge is 2.19. The largest absolute Gasteiger partial charge is 0.310 e. The zero-order valence-corrected chi connectivity index (χ0v) is 13.9. The zero-order valence-electron chi connectivity index (χ0n) is 13.0. The van der Waals surface area contributed by atoms with Gasteiger partial charge in [0.05, 0.1) is 11.4 Å². The number of carbonyl (C=O) groups is 1. The molecule has 1 atom stereocenters. The Morgan fingerprint density at radius 3 is 2.87 bits per heavy atom. The SMILES string of the molecule is CC(Sc1nc2ncccn2n1)C(=O)Nc1ccnn1C(C)C. The van der Waals surface area contributed by atoms with Crippen molar-refractivity contribution in [1.29, 1.82) is 0 Å². The Morgan fingerprint density at radius 1 is 1.30 bits per heavy atom. The average molecular weight is 331 g/mol. The first-order chi connectivity index (χ1) is 11.0. The number of fused-ring (bicyclic) bond motifs is 1. The van der Waals surface area contributed by atoms with Crippen LogP contribution in [0.15, 0.2) is 35.9 Å². The molecule has 0 bridgehead atoms. The third-order valence-electron chi connectivity index (χ3n) is 3.16. The molecule has 0 saturated heterocycles. The standard InChI is InChI=1S/C14H17N7OS/c1-9(2)21-11(5-7-16-21)17-12(22)10(3)23-14-18-13-15-6-4-8-20(13)19-14/h4-10H,1-3H3,(H,17,22). The fourth-order valence-corrected chi connectivity index (χ4v) is 2.78. The van der Waals surface area contributed by atoms with Gasteiger partial charge in [-0.2, -0.15) is 10.1 Å². The molecule has 0 saturated carbocycles. The predicted octanol–water partition coefficient (Wildman–Crippen LogP) is 2.02. The summed E-state index contributed by atoms with van der Waals surface area (Å²) in [7, 11) is 0. The van der Waals surface area contributed by atoms with E-state index in [1.54, 1.807) is 39.9 Å². The Hall–Kier alpha value is -2.42. The van der Waals surface area contributed by atoms with Gasteiger partial charge in [0.15, 0.2) is 0 Å².